The number of Topliss-reactive ketones (excluding diaryl/α,β-unsaturated/α-hetero) is 1. The van der Waals surface area contributed by atoms with Gasteiger partial charge in [0.2, 0.25) is 0 Å². The first kappa shape index (κ1) is 19.1. The molecule has 3 heteroatoms. The first-order chi connectivity index (χ1) is 13.1. The first-order valence-corrected chi connectivity index (χ1v) is 9.96. The molecular weight excluding hydrogens is 398 g/mol. The van der Waals surface area contributed by atoms with Crippen LogP contribution >= 0.6 is 15.9 Å². The maximum atomic E-state index is 13.2. The average molecular weight is 420 g/mol. The molecule has 0 atom stereocenters. The van der Waals surface area contributed by atoms with E-state index in [9.17, 15) is 4.79 Å². The molecule has 0 aliphatic carbocycles. The Morgan fingerprint density at radius 2 is 1.26 bits per heavy atom. The van der Waals surface area contributed by atoms with Gasteiger partial charge in [-0.25, -0.2) is 0 Å². The first-order valence-electron chi connectivity index (χ1n) is 8.84. The molecule has 0 aliphatic heterocycles. The molecule has 0 heterocycles. The summed E-state index contributed by atoms with van der Waals surface area (Å²) in [4.78, 5) is 15.2. The molecule has 0 saturated heterocycles. The molecule has 3 rings (SSSR count). The molecule has 3 aromatic rings. The highest BCUT2D eigenvalue weighted by atomic mass is 79.9. The van der Waals surface area contributed by atoms with Gasteiger partial charge >= 0.3 is 0 Å². The minimum absolute atomic E-state index is 0.0408. The van der Waals surface area contributed by atoms with Gasteiger partial charge in [-0.2, -0.15) is 0 Å². The number of benzene rings is 3. The molecule has 3 aromatic carbocycles. The van der Waals surface area contributed by atoms with Crippen LogP contribution in [-0.4, -0.2) is 30.1 Å². The molecule has 0 radical (unpaired) electrons. The highest BCUT2D eigenvalue weighted by Gasteiger charge is 2.19. The predicted molar refractivity (Wildman–Crippen MR) is 117 cm³/mol. The van der Waals surface area contributed by atoms with E-state index in [1.54, 1.807) is 0 Å². The Morgan fingerprint density at radius 1 is 0.741 bits per heavy atom. The largest absolute Gasteiger partial charge is 0.377 e. The fraction of sp³-hybridized carbons (Fsp3) is 0.125. The smallest absolute Gasteiger partial charge is 0.191 e. The number of carbonyl (C=O) groups is 1. The minimum Gasteiger partial charge on any atom is -0.377 e. The molecule has 0 bridgehead atoms. The maximum Gasteiger partial charge on any atom is 0.191 e. The van der Waals surface area contributed by atoms with Gasteiger partial charge in [0.25, 0.3) is 0 Å². The molecule has 0 spiro atoms. The summed E-state index contributed by atoms with van der Waals surface area (Å²) < 4.78 is 0. The highest BCUT2D eigenvalue weighted by Crippen LogP contribution is 2.26. The second kappa shape index (κ2) is 8.83. The van der Waals surface area contributed by atoms with Gasteiger partial charge in [-0.1, -0.05) is 101 Å². The molecule has 0 aliphatic rings. The van der Waals surface area contributed by atoms with Crippen molar-refractivity contribution in [1.29, 1.82) is 0 Å². The van der Waals surface area contributed by atoms with Crippen LogP contribution < -0.4 is 0 Å². The monoisotopic (exact) mass is 419 g/mol. The number of rotatable bonds is 6. The van der Waals surface area contributed by atoms with Crippen molar-refractivity contribution in [2.45, 2.75) is 0 Å². The SMILES string of the molecule is CN(C)/C(=C(\CBr)C(=O)c1ccc(-c2ccccc2)cc1)c1ccccc1. The molecule has 27 heavy (non-hydrogen) atoms. The number of alkyl halides is 1. The van der Waals surface area contributed by atoms with Gasteiger partial charge in [-0.05, 0) is 16.7 Å². The zero-order valence-electron chi connectivity index (χ0n) is 15.5. The van der Waals surface area contributed by atoms with E-state index in [4.69, 9.17) is 0 Å². The summed E-state index contributed by atoms with van der Waals surface area (Å²) in [5, 5.41) is 0.495. The zero-order valence-corrected chi connectivity index (χ0v) is 17.1. The molecule has 2 nitrogen and oxygen atoms in total. The fourth-order valence-corrected chi connectivity index (χ4v) is 3.67. The van der Waals surface area contributed by atoms with Crippen molar-refractivity contribution >= 4 is 27.4 Å². The van der Waals surface area contributed by atoms with Gasteiger partial charge in [0, 0.05) is 30.6 Å². The zero-order chi connectivity index (χ0) is 19.2. The predicted octanol–water partition coefficient (Wildman–Crippen LogP) is 5.90. The van der Waals surface area contributed by atoms with Crippen molar-refractivity contribution in [1.82, 2.24) is 4.90 Å². The lowest BCUT2D eigenvalue weighted by Gasteiger charge is -2.21. The summed E-state index contributed by atoms with van der Waals surface area (Å²) in [6.45, 7) is 0. The van der Waals surface area contributed by atoms with E-state index < -0.39 is 0 Å². The van der Waals surface area contributed by atoms with Crippen LogP contribution in [0.25, 0.3) is 16.8 Å². The maximum absolute atomic E-state index is 13.2. The Balaban J connectivity index is 1.99. The second-order valence-corrected chi connectivity index (χ2v) is 7.05. The van der Waals surface area contributed by atoms with Gasteiger partial charge in [0.15, 0.2) is 5.78 Å². The fourth-order valence-electron chi connectivity index (χ4n) is 3.15. The van der Waals surface area contributed by atoms with E-state index in [1.165, 1.54) is 0 Å². The van der Waals surface area contributed by atoms with Crippen molar-refractivity contribution < 1.29 is 4.79 Å². The lowest BCUT2D eigenvalue weighted by molar-refractivity contribution is 0.103. The molecule has 0 aromatic heterocycles. The van der Waals surface area contributed by atoms with Crippen LogP contribution in [0.2, 0.25) is 0 Å². The Bertz CT molecular complexity index is 929. The number of allylic oxidation sites excluding steroid dienone is 1. The Kier molecular flexibility index (Phi) is 6.25. The summed E-state index contributed by atoms with van der Waals surface area (Å²) in [6.07, 6.45) is 0. The second-order valence-electron chi connectivity index (χ2n) is 6.49. The molecular formula is C24H22BrNO. The van der Waals surface area contributed by atoms with Crippen LogP contribution in [0.5, 0.6) is 0 Å². The Morgan fingerprint density at radius 3 is 1.78 bits per heavy atom. The number of nitrogens with zero attached hydrogens (tertiary/aromatic N) is 1. The number of halogens is 1. The summed E-state index contributed by atoms with van der Waals surface area (Å²) in [6, 6.07) is 28.0. The van der Waals surface area contributed by atoms with Crippen molar-refractivity contribution in [2.75, 3.05) is 19.4 Å². The third kappa shape index (κ3) is 4.37. The highest BCUT2D eigenvalue weighted by molar-refractivity contribution is 9.09. The molecule has 0 unspecified atom stereocenters. The third-order valence-electron chi connectivity index (χ3n) is 4.44. The topological polar surface area (TPSA) is 20.3 Å². The Labute approximate surface area is 169 Å². The molecule has 136 valence electrons. The van der Waals surface area contributed by atoms with Crippen molar-refractivity contribution in [3.05, 3.63) is 102 Å². The standard InChI is InChI=1S/C24H22BrNO/c1-26(2)23(20-11-7-4-8-12-20)22(17-25)24(27)21-15-13-19(14-16-21)18-9-5-3-6-10-18/h3-16H,17H2,1-2H3/b23-22+. The Hall–Kier alpha value is -2.65. The van der Waals surface area contributed by atoms with Crippen molar-refractivity contribution in [3.8, 4) is 11.1 Å². The summed E-state index contributed by atoms with van der Waals surface area (Å²) in [5.74, 6) is 0.0408. The number of hydrogen-bond acceptors (Lipinski definition) is 2. The van der Waals surface area contributed by atoms with Gasteiger partial charge < -0.3 is 4.90 Å². The van der Waals surface area contributed by atoms with Crippen LogP contribution in [0.4, 0.5) is 0 Å². The number of ketones is 1. The van der Waals surface area contributed by atoms with Gasteiger partial charge in [0.1, 0.15) is 0 Å². The summed E-state index contributed by atoms with van der Waals surface area (Å²) in [5.41, 5.74) is 5.66. The van der Waals surface area contributed by atoms with Gasteiger partial charge in [-0.15, -0.1) is 0 Å². The van der Waals surface area contributed by atoms with Crippen LogP contribution in [0.1, 0.15) is 15.9 Å². The summed E-state index contributed by atoms with van der Waals surface area (Å²) >= 11 is 3.53. The van der Waals surface area contributed by atoms with Crippen molar-refractivity contribution in [2.24, 2.45) is 0 Å². The van der Waals surface area contributed by atoms with Crippen LogP contribution in [0.3, 0.4) is 0 Å². The lowest BCUT2D eigenvalue weighted by Crippen LogP contribution is -2.17. The third-order valence-corrected chi connectivity index (χ3v) is 5.00. The van der Waals surface area contributed by atoms with E-state index in [2.05, 4.69) is 28.1 Å². The van der Waals surface area contributed by atoms with Crippen LogP contribution in [-0.2, 0) is 0 Å². The van der Waals surface area contributed by atoms with E-state index in [1.807, 2.05) is 91.8 Å². The van der Waals surface area contributed by atoms with E-state index in [-0.39, 0.29) is 5.78 Å². The average Bonchev–Trinajstić information content (AvgIpc) is 2.72. The molecule has 0 N–H and O–H groups in total. The van der Waals surface area contributed by atoms with Crippen LogP contribution in [0, 0.1) is 0 Å². The minimum atomic E-state index is 0.0408. The van der Waals surface area contributed by atoms with Gasteiger partial charge in [-0.3, -0.25) is 4.79 Å². The van der Waals surface area contributed by atoms with E-state index in [0.717, 1.165) is 28.0 Å². The van der Waals surface area contributed by atoms with E-state index >= 15 is 0 Å². The number of hydrogen-bond donors (Lipinski definition) is 0. The quantitative estimate of drug-likeness (QED) is 0.281. The normalized spacial score (nSPS) is 11.7. The summed E-state index contributed by atoms with van der Waals surface area (Å²) in [7, 11) is 3.94. The lowest BCUT2D eigenvalue weighted by atomic mass is 9.97. The number of carbonyl (C=O) groups excluding carboxylic acids is 1. The molecule has 0 amide bonds. The molecule has 0 fully saturated rings. The molecule has 0 saturated carbocycles. The van der Waals surface area contributed by atoms with Crippen molar-refractivity contribution in [3.63, 3.8) is 0 Å². The van der Waals surface area contributed by atoms with Gasteiger partial charge in [0.05, 0.1) is 5.70 Å². The van der Waals surface area contributed by atoms with Crippen LogP contribution in [0.15, 0.2) is 90.5 Å². The van der Waals surface area contributed by atoms with E-state index in [0.29, 0.717) is 10.9 Å².